The highest BCUT2D eigenvalue weighted by molar-refractivity contribution is 7.89. The Kier molecular flexibility index (Phi) is 7.16. The number of fused-ring (bicyclic) bond motifs is 1. The van der Waals surface area contributed by atoms with Crippen LogP contribution < -0.4 is 14.5 Å². The molecule has 1 aliphatic rings. The lowest BCUT2D eigenvalue weighted by atomic mass is 10.0. The number of amides is 2. The van der Waals surface area contributed by atoms with E-state index in [9.17, 15) is 18.0 Å². The van der Waals surface area contributed by atoms with Gasteiger partial charge in [-0.3, -0.25) is 9.59 Å². The topological polar surface area (TPSA) is 86.8 Å². The lowest BCUT2D eigenvalue weighted by molar-refractivity contribution is -0.121. The summed E-state index contributed by atoms with van der Waals surface area (Å²) in [7, 11) is -3.97. The lowest BCUT2D eigenvalue weighted by Gasteiger charge is -2.29. The average molecular weight is 456 g/mol. The zero-order chi connectivity index (χ0) is 23.5. The SMILES string of the molecule is C=CCN(C(=O)[C@@H](NS(=O)(=O)c1ccc2c(c1)CCN2C(C)=O)C(C)C)c1ccccc1. The molecule has 1 N–H and O–H groups in total. The summed E-state index contributed by atoms with van der Waals surface area (Å²) in [4.78, 5) is 28.4. The van der Waals surface area contributed by atoms with Crippen LogP contribution in [0.25, 0.3) is 0 Å². The van der Waals surface area contributed by atoms with Crippen molar-refractivity contribution in [3.8, 4) is 0 Å². The molecule has 2 amide bonds. The van der Waals surface area contributed by atoms with Crippen LogP contribution in [0.4, 0.5) is 11.4 Å². The molecule has 0 spiro atoms. The number of carbonyl (C=O) groups excluding carboxylic acids is 2. The van der Waals surface area contributed by atoms with Crippen molar-refractivity contribution in [3.05, 3.63) is 66.7 Å². The summed E-state index contributed by atoms with van der Waals surface area (Å²) in [5, 5.41) is 0. The Morgan fingerprint density at radius 3 is 2.47 bits per heavy atom. The molecule has 0 aliphatic carbocycles. The summed E-state index contributed by atoms with van der Waals surface area (Å²) >= 11 is 0. The molecule has 7 nitrogen and oxygen atoms in total. The predicted octanol–water partition coefficient (Wildman–Crippen LogP) is 3.12. The first kappa shape index (κ1) is 23.7. The molecule has 2 aromatic rings. The molecule has 2 aromatic carbocycles. The number of nitrogens with zero attached hydrogens (tertiary/aromatic N) is 2. The van der Waals surface area contributed by atoms with Crippen molar-refractivity contribution < 1.29 is 18.0 Å². The zero-order valence-electron chi connectivity index (χ0n) is 18.6. The predicted molar refractivity (Wildman–Crippen MR) is 126 cm³/mol. The number of nitrogens with one attached hydrogen (secondary N) is 1. The Labute approximate surface area is 189 Å². The summed E-state index contributed by atoms with van der Waals surface area (Å²) in [6.07, 6.45) is 2.20. The second kappa shape index (κ2) is 9.67. The van der Waals surface area contributed by atoms with Gasteiger partial charge in [-0.1, -0.05) is 38.1 Å². The van der Waals surface area contributed by atoms with E-state index in [1.165, 1.54) is 17.9 Å². The minimum absolute atomic E-state index is 0.0776. The van der Waals surface area contributed by atoms with Crippen molar-refractivity contribution in [2.45, 2.75) is 38.1 Å². The molecule has 0 radical (unpaired) electrons. The highest BCUT2D eigenvalue weighted by Crippen LogP contribution is 2.30. The molecule has 32 heavy (non-hydrogen) atoms. The van der Waals surface area contributed by atoms with Gasteiger partial charge in [0.25, 0.3) is 0 Å². The van der Waals surface area contributed by atoms with Crippen LogP contribution >= 0.6 is 0 Å². The molecular weight excluding hydrogens is 426 g/mol. The summed E-state index contributed by atoms with van der Waals surface area (Å²) in [5.74, 6) is -0.708. The average Bonchev–Trinajstić information content (AvgIpc) is 3.19. The van der Waals surface area contributed by atoms with E-state index >= 15 is 0 Å². The van der Waals surface area contributed by atoms with E-state index in [0.717, 1.165) is 11.3 Å². The van der Waals surface area contributed by atoms with Crippen LogP contribution in [-0.4, -0.2) is 39.4 Å². The van der Waals surface area contributed by atoms with Crippen LogP contribution in [0, 0.1) is 5.92 Å². The smallest absolute Gasteiger partial charge is 0.245 e. The Balaban J connectivity index is 1.89. The maximum absolute atomic E-state index is 13.4. The zero-order valence-corrected chi connectivity index (χ0v) is 19.4. The number of rotatable bonds is 8. The molecule has 0 saturated heterocycles. The second-order valence-electron chi connectivity index (χ2n) is 8.13. The van der Waals surface area contributed by atoms with E-state index in [1.54, 1.807) is 49.1 Å². The van der Waals surface area contributed by atoms with Gasteiger partial charge in [0.2, 0.25) is 21.8 Å². The minimum Gasteiger partial charge on any atom is -0.312 e. The van der Waals surface area contributed by atoms with E-state index in [4.69, 9.17) is 0 Å². The van der Waals surface area contributed by atoms with E-state index in [2.05, 4.69) is 11.3 Å². The van der Waals surface area contributed by atoms with Gasteiger partial charge in [0.05, 0.1) is 4.90 Å². The number of carbonyl (C=O) groups is 2. The van der Waals surface area contributed by atoms with Gasteiger partial charge in [0, 0.05) is 31.4 Å². The number of sulfonamides is 1. The van der Waals surface area contributed by atoms with Crippen LogP contribution in [0.3, 0.4) is 0 Å². The second-order valence-corrected chi connectivity index (χ2v) is 9.84. The third kappa shape index (κ3) is 4.92. The summed E-state index contributed by atoms with van der Waals surface area (Å²) in [5.41, 5.74) is 2.20. The van der Waals surface area contributed by atoms with E-state index in [1.807, 2.05) is 18.2 Å². The molecule has 3 rings (SSSR count). The van der Waals surface area contributed by atoms with Gasteiger partial charge in [-0.15, -0.1) is 6.58 Å². The van der Waals surface area contributed by atoms with Gasteiger partial charge in [-0.25, -0.2) is 8.42 Å². The van der Waals surface area contributed by atoms with Gasteiger partial charge in [-0.2, -0.15) is 4.72 Å². The van der Waals surface area contributed by atoms with E-state index < -0.39 is 16.1 Å². The van der Waals surface area contributed by atoms with Crippen molar-refractivity contribution in [1.29, 1.82) is 0 Å². The van der Waals surface area contributed by atoms with E-state index in [0.29, 0.717) is 18.7 Å². The third-order valence-electron chi connectivity index (χ3n) is 5.50. The quantitative estimate of drug-likeness (QED) is 0.620. The molecule has 170 valence electrons. The van der Waals surface area contributed by atoms with Gasteiger partial charge < -0.3 is 9.80 Å². The fourth-order valence-electron chi connectivity index (χ4n) is 3.81. The molecule has 0 bridgehead atoms. The van der Waals surface area contributed by atoms with Gasteiger partial charge in [0.15, 0.2) is 0 Å². The van der Waals surface area contributed by atoms with E-state index in [-0.39, 0.29) is 29.2 Å². The van der Waals surface area contributed by atoms with Crippen molar-refractivity contribution in [2.75, 3.05) is 22.9 Å². The van der Waals surface area contributed by atoms with Gasteiger partial charge in [-0.05, 0) is 48.2 Å². The van der Waals surface area contributed by atoms with Crippen LogP contribution in [0.15, 0.2) is 66.1 Å². The van der Waals surface area contributed by atoms with Crippen molar-refractivity contribution in [1.82, 2.24) is 4.72 Å². The first-order valence-electron chi connectivity index (χ1n) is 10.6. The van der Waals surface area contributed by atoms with Crippen LogP contribution in [0.5, 0.6) is 0 Å². The largest absolute Gasteiger partial charge is 0.312 e. The third-order valence-corrected chi connectivity index (χ3v) is 6.94. The first-order valence-corrected chi connectivity index (χ1v) is 12.0. The first-order chi connectivity index (χ1) is 15.2. The van der Waals surface area contributed by atoms with Crippen molar-refractivity contribution in [3.63, 3.8) is 0 Å². The molecule has 0 unspecified atom stereocenters. The molecule has 0 fully saturated rings. The Morgan fingerprint density at radius 1 is 1.19 bits per heavy atom. The number of benzene rings is 2. The number of hydrogen-bond donors (Lipinski definition) is 1. The van der Waals surface area contributed by atoms with Crippen molar-refractivity contribution in [2.24, 2.45) is 5.92 Å². The highest BCUT2D eigenvalue weighted by Gasteiger charge is 2.33. The summed E-state index contributed by atoms with van der Waals surface area (Å²) in [6, 6.07) is 12.8. The Bertz CT molecular complexity index is 1110. The standard InChI is InChI=1S/C24H29N3O4S/c1-5-14-27(20-9-7-6-8-10-20)24(29)23(17(2)3)25-32(30,31)21-11-12-22-19(16-21)13-15-26(22)18(4)28/h5-12,16-17,23,25H,1,13-15H2,2-4H3/t23-/m0/s1. The minimum atomic E-state index is -3.97. The molecular formula is C24H29N3O4S. The van der Waals surface area contributed by atoms with Crippen LogP contribution in [-0.2, 0) is 26.0 Å². The maximum Gasteiger partial charge on any atom is 0.245 e. The monoisotopic (exact) mass is 455 g/mol. The van der Waals surface area contributed by atoms with Crippen LogP contribution in [0.2, 0.25) is 0 Å². The lowest BCUT2D eigenvalue weighted by Crippen LogP contribution is -2.51. The number of anilines is 2. The molecule has 0 saturated carbocycles. The van der Waals surface area contributed by atoms with Gasteiger partial charge >= 0.3 is 0 Å². The fourth-order valence-corrected chi connectivity index (χ4v) is 5.19. The highest BCUT2D eigenvalue weighted by atomic mass is 32.2. The Hall–Kier alpha value is -2.97. The molecule has 1 aliphatic heterocycles. The van der Waals surface area contributed by atoms with Crippen LogP contribution in [0.1, 0.15) is 26.3 Å². The molecule has 8 heteroatoms. The van der Waals surface area contributed by atoms with Gasteiger partial charge in [0.1, 0.15) is 6.04 Å². The fraction of sp³-hybridized carbons (Fsp3) is 0.333. The Morgan fingerprint density at radius 2 is 1.88 bits per heavy atom. The summed E-state index contributed by atoms with van der Waals surface area (Å²) in [6.45, 7) is 9.60. The number of para-hydroxylation sites is 1. The normalized spacial score (nSPS) is 14.2. The molecule has 1 atom stereocenters. The molecule has 1 heterocycles. The maximum atomic E-state index is 13.4. The van der Waals surface area contributed by atoms with Crippen molar-refractivity contribution >= 4 is 33.2 Å². The number of hydrogen-bond acceptors (Lipinski definition) is 4. The molecule has 0 aromatic heterocycles. The summed E-state index contributed by atoms with van der Waals surface area (Å²) < 4.78 is 29.0.